The van der Waals surface area contributed by atoms with Crippen LogP contribution in [0.15, 0.2) is 59.8 Å². The number of aliphatic hydroxyl groups excluding tert-OH is 1. The van der Waals surface area contributed by atoms with Crippen LogP contribution in [0.3, 0.4) is 0 Å². The molecule has 0 saturated carbocycles. The van der Waals surface area contributed by atoms with Gasteiger partial charge in [0.25, 0.3) is 0 Å². The van der Waals surface area contributed by atoms with Crippen LogP contribution in [0.4, 0.5) is 10.9 Å². The highest BCUT2D eigenvalue weighted by atomic mass is 32.2. The molecule has 0 spiro atoms. The summed E-state index contributed by atoms with van der Waals surface area (Å²) in [6.07, 6.45) is 0.826. The second-order valence-corrected chi connectivity index (χ2v) is 10.0. The van der Waals surface area contributed by atoms with Crippen LogP contribution in [0, 0.1) is 5.92 Å². The minimum absolute atomic E-state index is 0.0225. The van der Waals surface area contributed by atoms with Gasteiger partial charge in [-0.3, -0.25) is 0 Å². The second-order valence-electron chi connectivity index (χ2n) is 8.06. The lowest BCUT2D eigenvalue weighted by Gasteiger charge is -2.19. The van der Waals surface area contributed by atoms with E-state index in [1.54, 1.807) is 0 Å². The number of ether oxygens (including phenoxy) is 1. The first-order chi connectivity index (χ1) is 16.0. The maximum absolute atomic E-state index is 9.81. The normalized spacial score (nSPS) is 12.2. The van der Waals surface area contributed by atoms with Gasteiger partial charge >= 0.3 is 0 Å². The molecule has 7 nitrogen and oxygen atoms in total. The number of thiazole rings is 1. The van der Waals surface area contributed by atoms with Gasteiger partial charge in [0.2, 0.25) is 0 Å². The number of nitrogens with two attached hydrogens (primary N) is 1. The second kappa shape index (κ2) is 10.8. The number of aliphatic hydroxyl groups is 1. The van der Waals surface area contributed by atoms with E-state index in [4.69, 9.17) is 15.5 Å². The molecule has 2 heterocycles. The first-order valence-corrected chi connectivity index (χ1v) is 12.6. The number of hydrogen-bond donors (Lipinski definition) is 3. The molecule has 0 unspecified atom stereocenters. The topological polar surface area (TPSA) is 106 Å². The van der Waals surface area contributed by atoms with Gasteiger partial charge in [0, 0.05) is 5.75 Å². The number of benzene rings is 2. The minimum atomic E-state index is -0.101. The highest BCUT2D eigenvalue weighted by Crippen LogP contribution is 2.32. The van der Waals surface area contributed by atoms with Gasteiger partial charge in [-0.05, 0) is 42.2 Å². The van der Waals surface area contributed by atoms with E-state index in [2.05, 4.69) is 29.1 Å². The van der Waals surface area contributed by atoms with E-state index in [-0.39, 0.29) is 12.6 Å². The maximum Gasteiger partial charge on any atom is 0.191 e. The summed E-state index contributed by atoms with van der Waals surface area (Å²) in [5.41, 5.74) is 7.60. The molecule has 33 heavy (non-hydrogen) atoms. The van der Waals surface area contributed by atoms with E-state index >= 15 is 0 Å². The lowest BCUT2D eigenvalue weighted by molar-refractivity contribution is 0.259. The summed E-state index contributed by atoms with van der Waals surface area (Å²) < 4.78 is 6.74. The third-order valence-corrected chi connectivity index (χ3v) is 6.61. The molecule has 2 aromatic heterocycles. The molecular weight excluding hydrogens is 454 g/mol. The summed E-state index contributed by atoms with van der Waals surface area (Å²) in [6.45, 7) is 4.28. The van der Waals surface area contributed by atoms with Crippen molar-refractivity contribution in [3.63, 3.8) is 0 Å². The van der Waals surface area contributed by atoms with Gasteiger partial charge in [0.05, 0.1) is 12.6 Å². The highest BCUT2D eigenvalue weighted by Gasteiger charge is 2.17. The molecule has 0 aliphatic rings. The Labute approximate surface area is 201 Å². The number of aromatic nitrogens is 3. The molecule has 0 amide bonds. The fourth-order valence-corrected chi connectivity index (χ4v) is 4.90. The number of anilines is 2. The zero-order valence-electron chi connectivity index (χ0n) is 18.6. The Balaban J connectivity index is 1.51. The number of nitrogen functional groups attached to an aromatic ring is 1. The van der Waals surface area contributed by atoms with Crippen molar-refractivity contribution in [2.24, 2.45) is 5.92 Å². The minimum Gasteiger partial charge on any atom is -0.457 e. The molecule has 4 N–H and O–H groups in total. The molecule has 0 saturated heterocycles. The molecule has 4 rings (SSSR count). The van der Waals surface area contributed by atoms with Crippen LogP contribution in [-0.2, 0) is 5.75 Å². The molecule has 2 aromatic carbocycles. The van der Waals surface area contributed by atoms with Crippen LogP contribution in [0.5, 0.6) is 11.5 Å². The first-order valence-electron chi connectivity index (χ1n) is 10.8. The van der Waals surface area contributed by atoms with E-state index in [0.29, 0.717) is 33.4 Å². The summed E-state index contributed by atoms with van der Waals surface area (Å²) in [5.74, 6) is 3.36. The van der Waals surface area contributed by atoms with Crippen LogP contribution in [0.1, 0.15) is 25.8 Å². The van der Waals surface area contributed by atoms with Crippen molar-refractivity contribution in [1.82, 2.24) is 15.0 Å². The van der Waals surface area contributed by atoms with Crippen molar-refractivity contribution in [1.29, 1.82) is 0 Å². The van der Waals surface area contributed by atoms with Crippen molar-refractivity contribution in [2.75, 3.05) is 17.7 Å². The van der Waals surface area contributed by atoms with E-state index in [0.717, 1.165) is 28.2 Å². The quantitative estimate of drug-likeness (QED) is 0.199. The number of fused-ring (bicyclic) bond motifs is 1. The predicted molar refractivity (Wildman–Crippen MR) is 136 cm³/mol. The van der Waals surface area contributed by atoms with Gasteiger partial charge in [-0.25, -0.2) is 15.0 Å². The third kappa shape index (κ3) is 6.34. The summed E-state index contributed by atoms with van der Waals surface area (Å²) in [5, 5.41) is 14.2. The molecule has 0 fully saturated rings. The molecule has 0 aliphatic carbocycles. The lowest BCUT2D eigenvalue weighted by atomic mass is 10.0. The zero-order valence-corrected chi connectivity index (χ0v) is 20.2. The van der Waals surface area contributed by atoms with Gasteiger partial charge < -0.3 is 20.9 Å². The van der Waals surface area contributed by atoms with Crippen LogP contribution in [0.25, 0.3) is 10.3 Å². The fourth-order valence-electron chi connectivity index (χ4n) is 3.40. The maximum atomic E-state index is 9.81. The van der Waals surface area contributed by atoms with Crippen molar-refractivity contribution in [3.05, 3.63) is 60.2 Å². The largest absolute Gasteiger partial charge is 0.457 e. The van der Waals surface area contributed by atoms with Crippen LogP contribution >= 0.6 is 23.1 Å². The van der Waals surface area contributed by atoms with E-state index < -0.39 is 0 Å². The average molecular weight is 482 g/mol. The Hall–Kier alpha value is -2.88. The SMILES string of the molecule is CC(C)C[C@H](CO)Nc1nc(SCc2cccc(Oc3ccccc3)c2)nc2nc(N)sc12. The van der Waals surface area contributed by atoms with Gasteiger partial charge in [0.15, 0.2) is 21.8 Å². The van der Waals surface area contributed by atoms with Gasteiger partial charge in [0.1, 0.15) is 16.2 Å². The Morgan fingerprint density at radius 2 is 1.85 bits per heavy atom. The number of thioether (sulfide) groups is 1. The summed E-state index contributed by atoms with van der Waals surface area (Å²) in [6, 6.07) is 17.6. The van der Waals surface area contributed by atoms with Crippen molar-refractivity contribution >= 4 is 44.4 Å². The van der Waals surface area contributed by atoms with Gasteiger partial charge in [-0.2, -0.15) is 0 Å². The number of para-hydroxylation sites is 1. The van der Waals surface area contributed by atoms with Crippen molar-refractivity contribution < 1.29 is 9.84 Å². The van der Waals surface area contributed by atoms with Crippen LogP contribution in [-0.4, -0.2) is 32.7 Å². The molecule has 172 valence electrons. The molecule has 9 heteroatoms. The number of nitrogens with one attached hydrogen (secondary N) is 1. The van der Waals surface area contributed by atoms with E-state index in [9.17, 15) is 5.11 Å². The Morgan fingerprint density at radius 1 is 1.06 bits per heavy atom. The smallest absolute Gasteiger partial charge is 0.191 e. The summed E-state index contributed by atoms with van der Waals surface area (Å²) in [7, 11) is 0. The highest BCUT2D eigenvalue weighted by molar-refractivity contribution is 7.98. The Kier molecular flexibility index (Phi) is 7.64. The van der Waals surface area contributed by atoms with Crippen LogP contribution < -0.4 is 15.8 Å². The van der Waals surface area contributed by atoms with Crippen molar-refractivity contribution in [3.8, 4) is 11.5 Å². The molecule has 4 aromatic rings. The van der Waals surface area contributed by atoms with E-state index in [1.807, 2.05) is 54.6 Å². The number of nitrogens with zero attached hydrogens (tertiary/aromatic N) is 3. The number of hydrogen-bond acceptors (Lipinski definition) is 9. The molecule has 0 aliphatic heterocycles. The standard InChI is InChI=1S/C24H27N5O2S2/c1-15(2)11-17(13-30)26-21-20-22(27-23(25)33-20)29-24(28-21)32-14-16-7-6-10-19(12-16)31-18-8-4-3-5-9-18/h3-10,12,15,17,30H,11,13-14H2,1-2H3,(H3,25,26,27,28,29)/t17-/m1/s1. The molecular formula is C24H27N5O2S2. The monoisotopic (exact) mass is 481 g/mol. The Bertz CT molecular complexity index is 1200. The average Bonchev–Trinajstić information content (AvgIpc) is 3.18. The molecule has 0 radical (unpaired) electrons. The molecule has 0 bridgehead atoms. The zero-order chi connectivity index (χ0) is 23.2. The van der Waals surface area contributed by atoms with Crippen molar-refractivity contribution in [2.45, 2.75) is 37.2 Å². The summed E-state index contributed by atoms with van der Waals surface area (Å²) >= 11 is 2.87. The van der Waals surface area contributed by atoms with E-state index in [1.165, 1.54) is 23.1 Å². The molecule has 1 atom stereocenters. The predicted octanol–water partition coefficient (Wildman–Crippen LogP) is 5.57. The van der Waals surface area contributed by atoms with Gasteiger partial charge in [-0.1, -0.05) is 67.3 Å². The fraction of sp³-hybridized carbons (Fsp3) is 0.292. The number of rotatable bonds is 10. The summed E-state index contributed by atoms with van der Waals surface area (Å²) in [4.78, 5) is 13.7. The Morgan fingerprint density at radius 3 is 2.61 bits per heavy atom. The lowest BCUT2D eigenvalue weighted by Crippen LogP contribution is -2.26. The third-order valence-electron chi connectivity index (χ3n) is 4.81. The first kappa shape index (κ1) is 23.3. The van der Waals surface area contributed by atoms with Crippen LogP contribution in [0.2, 0.25) is 0 Å². The van der Waals surface area contributed by atoms with Gasteiger partial charge in [-0.15, -0.1) is 0 Å².